The van der Waals surface area contributed by atoms with E-state index in [1.54, 1.807) is 0 Å². The molecule has 1 amide bonds. The van der Waals surface area contributed by atoms with E-state index in [0.717, 1.165) is 12.8 Å². The average molecular weight is 260 g/mol. The molecule has 0 spiro atoms. The molecule has 0 aliphatic heterocycles. The van der Waals surface area contributed by atoms with Gasteiger partial charge in [-0.05, 0) is 56.3 Å². The van der Waals surface area contributed by atoms with Gasteiger partial charge in [0.1, 0.15) is 0 Å². The van der Waals surface area contributed by atoms with Gasteiger partial charge in [0.2, 0.25) is 5.91 Å². The van der Waals surface area contributed by atoms with Gasteiger partial charge in [0.05, 0.1) is 6.07 Å². The minimum Gasteiger partial charge on any atom is -0.352 e. The number of nitriles is 1. The molecule has 3 saturated carbocycles. The van der Waals surface area contributed by atoms with Crippen molar-refractivity contribution in [1.29, 1.82) is 5.26 Å². The predicted octanol–water partition coefficient (Wildman–Crippen LogP) is 1.80. The average Bonchev–Trinajstić information content (AvgIpc) is 3.25. The molecule has 0 bridgehead atoms. The summed E-state index contributed by atoms with van der Waals surface area (Å²) < 4.78 is 0. The Morgan fingerprint density at radius 2 is 1.68 bits per heavy atom. The third-order valence-corrected chi connectivity index (χ3v) is 4.53. The number of hydrogen-bond acceptors (Lipinski definition) is 3. The normalized spacial score (nSPS) is 23.8. The molecule has 0 radical (unpaired) electrons. The molecule has 19 heavy (non-hydrogen) atoms. The Morgan fingerprint density at radius 3 is 2.11 bits per heavy atom. The topological polar surface area (TPSA) is 70.0 Å². The van der Waals surface area contributed by atoms with E-state index in [2.05, 4.69) is 5.32 Å². The van der Waals surface area contributed by atoms with E-state index >= 15 is 0 Å². The Bertz CT molecular complexity index is 416. The second-order valence-corrected chi connectivity index (χ2v) is 6.35. The summed E-state index contributed by atoms with van der Waals surface area (Å²) in [6.07, 6.45) is 7.28. The number of carbonyl (C=O) groups excluding carboxylic acids is 2. The van der Waals surface area contributed by atoms with Crippen LogP contribution in [-0.2, 0) is 9.59 Å². The molecular formula is C15H20N2O2. The fraction of sp³-hybridized carbons (Fsp3) is 0.800. The predicted molar refractivity (Wildman–Crippen MR) is 68.8 cm³/mol. The van der Waals surface area contributed by atoms with Crippen LogP contribution in [0.3, 0.4) is 0 Å². The van der Waals surface area contributed by atoms with E-state index in [0.29, 0.717) is 24.2 Å². The minimum absolute atomic E-state index is 0.163. The number of nitrogens with one attached hydrogen (secondary N) is 1. The van der Waals surface area contributed by atoms with Crippen molar-refractivity contribution in [3.05, 3.63) is 0 Å². The van der Waals surface area contributed by atoms with Crippen LogP contribution in [0.5, 0.6) is 0 Å². The molecule has 3 aliphatic carbocycles. The summed E-state index contributed by atoms with van der Waals surface area (Å²) in [5.41, 5.74) is 0. The number of amides is 1. The second kappa shape index (κ2) is 4.96. The van der Waals surface area contributed by atoms with Gasteiger partial charge in [0, 0.05) is 12.5 Å². The van der Waals surface area contributed by atoms with Crippen LogP contribution in [0.4, 0.5) is 0 Å². The van der Waals surface area contributed by atoms with Crippen LogP contribution in [0.1, 0.15) is 44.9 Å². The zero-order valence-corrected chi connectivity index (χ0v) is 11.1. The Kier molecular flexibility index (Phi) is 3.30. The molecular weight excluding hydrogens is 240 g/mol. The maximum atomic E-state index is 12.2. The molecule has 3 fully saturated rings. The smallest absolute Gasteiger partial charge is 0.245 e. The lowest BCUT2D eigenvalue weighted by molar-refractivity contribution is -0.132. The number of ketones is 1. The highest BCUT2D eigenvalue weighted by molar-refractivity contribution is 6.04. The molecule has 0 aromatic rings. The van der Waals surface area contributed by atoms with Crippen molar-refractivity contribution in [2.45, 2.75) is 51.0 Å². The first-order chi connectivity index (χ1) is 9.19. The maximum absolute atomic E-state index is 12.2. The number of nitrogens with zero attached hydrogens (tertiary/aromatic N) is 1. The minimum atomic E-state index is -1.08. The lowest BCUT2D eigenvalue weighted by atomic mass is 9.88. The van der Waals surface area contributed by atoms with Gasteiger partial charge in [0.15, 0.2) is 11.7 Å². The fourth-order valence-electron chi connectivity index (χ4n) is 2.91. The molecule has 4 nitrogen and oxygen atoms in total. The summed E-state index contributed by atoms with van der Waals surface area (Å²) >= 11 is 0. The summed E-state index contributed by atoms with van der Waals surface area (Å²) in [6, 6.07) is 2.10. The van der Waals surface area contributed by atoms with E-state index in [1.807, 2.05) is 6.07 Å². The number of Topliss-reactive ketones (excluding diaryl/α,β-unsaturated/α-hetero) is 1. The van der Waals surface area contributed by atoms with Crippen molar-refractivity contribution in [3.8, 4) is 6.07 Å². The summed E-state index contributed by atoms with van der Waals surface area (Å²) in [7, 11) is 0. The van der Waals surface area contributed by atoms with Gasteiger partial charge in [-0.15, -0.1) is 0 Å². The Morgan fingerprint density at radius 1 is 1.11 bits per heavy atom. The zero-order chi connectivity index (χ0) is 13.4. The van der Waals surface area contributed by atoms with Crippen LogP contribution in [-0.4, -0.2) is 17.7 Å². The molecule has 1 atom stereocenters. The van der Waals surface area contributed by atoms with E-state index < -0.39 is 5.92 Å². The Hall–Kier alpha value is -1.37. The monoisotopic (exact) mass is 260 g/mol. The van der Waals surface area contributed by atoms with E-state index in [-0.39, 0.29) is 17.7 Å². The number of hydrogen-bond donors (Lipinski definition) is 1. The van der Waals surface area contributed by atoms with E-state index in [4.69, 9.17) is 5.26 Å². The van der Waals surface area contributed by atoms with Crippen LogP contribution in [0, 0.1) is 35.0 Å². The van der Waals surface area contributed by atoms with Gasteiger partial charge in [-0.2, -0.15) is 5.26 Å². The fourth-order valence-corrected chi connectivity index (χ4v) is 2.91. The lowest BCUT2D eigenvalue weighted by Crippen LogP contribution is -2.36. The summed E-state index contributed by atoms with van der Waals surface area (Å²) in [6.45, 7) is 0. The largest absolute Gasteiger partial charge is 0.352 e. The summed E-state index contributed by atoms with van der Waals surface area (Å²) in [4.78, 5) is 24.1. The molecule has 4 heteroatoms. The van der Waals surface area contributed by atoms with Crippen molar-refractivity contribution >= 4 is 11.7 Å². The zero-order valence-electron chi connectivity index (χ0n) is 11.1. The number of carbonyl (C=O) groups is 2. The SMILES string of the molecule is N#C[C@@H](C(=O)CC(C1CC1)C1CC1)C(=O)NC1CC1. The van der Waals surface area contributed by atoms with Gasteiger partial charge in [-0.3, -0.25) is 9.59 Å². The first-order valence-corrected chi connectivity index (χ1v) is 7.41. The van der Waals surface area contributed by atoms with Crippen LogP contribution < -0.4 is 5.32 Å². The molecule has 0 aromatic carbocycles. The van der Waals surface area contributed by atoms with Gasteiger partial charge in [-0.25, -0.2) is 0 Å². The van der Waals surface area contributed by atoms with Crippen molar-refractivity contribution < 1.29 is 9.59 Å². The molecule has 0 aromatic heterocycles. The van der Waals surface area contributed by atoms with Gasteiger partial charge in [-0.1, -0.05) is 0 Å². The first kappa shape index (κ1) is 12.7. The molecule has 1 N–H and O–H groups in total. The van der Waals surface area contributed by atoms with Crippen LogP contribution in [0.2, 0.25) is 0 Å². The molecule has 3 rings (SSSR count). The highest BCUT2D eigenvalue weighted by Gasteiger charge is 2.43. The highest BCUT2D eigenvalue weighted by Crippen LogP contribution is 2.50. The van der Waals surface area contributed by atoms with E-state index in [1.165, 1.54) is 25.7 Å². The van der Waals surface area contributed by atoms with Crippen molar-refractivity contribution in [2.24, 2.45) is 23.7 Å². The van der Waals surface area contributed by atoms with Crippen LogP contribution in [0.25, 0.3) is 0 Å². The van der Waals surface area contributed by atoms with Crippen LogP contribution in [0.15, 0.2) is 0 Å². The van der Waals surface area contributed by atoms with Crippen molar-refractivity contribution in [1.82, 2.24) is 5.32 Å². The third-order valence-electron chi connectivity index (χ3n) is 4.53. The molecule has 0 heterocycles. The molecule has 0 unspecified atom stereocenters. The Balaban J connectivity index is 1.56. The van der Waals surface area contributed by atoms with Crippen molar-refractivity contribution in [2.75, 3.05) is 0 Å². The van der Waals surface area contributed by atoms with Gasteiger partial charge in [0.25, 0.3) is 0 Å². The standard InChI is InChI=1S/C15H20N2O2/c16-8-13(15(19)17-11-5-6-11)14(18)7-12(9-1-2-9)10-3-4-10/h9-13H,1-7H2,(H,17,19)/t13-/m0/s1. The third kappa shape index (κ3) is 3.15. The van der Waals surface area contributed by atoms with Crippen molar-refractivity contribution in [3.63, 3.8) is 0 Å². The first-order valence-electron chi connectivity index (χ1n) is 7.41. The maximum Gasteiger partial charge on any atom is 0.245 e. The van der Waals surface area contributed by atoms with Gasteiger partial charge >= 0.3 is 0 Å². The summed E-state index contributed by atoms with van der Waals surface area (Å²) in [5.74, 6) is 0.187. The Labute approximate surface area is 113 Å². The summed E-state index contributed by atoms with van der Waals surface area (Å²) in [5, 5.41) is 11.9. The van der Waals surface area contributed by atoms with Gasteiger partial charge < -0.3 is 5.32 Å². The molecule has 0 saturated heterocycles. The lowest BCUT2D eigenvalue weighted by Gasteiger charge is -2.16. The number of rotatable bonds is 7. The second-order valence-electron chi connectivity index (χ2n) is 6.35. The molecule has 102 valence electrons. The van der Waals surface area contributed by atoms with Crippen LogP contribution >= 0.6 is 0 Å². The quantitative estimate of drug-likeness (QED) is 0.710. The highest BCUT2D eigenvalue weighted by atomic mass is 16.2. The van der Waals surface area contributed by atoms with E-state index in [9.17, 15) is 9.59 Å². The molecule has 3 aliphatic rings.